The molecule has 4 aliphatic carbocycles. The first-order valence-electron chi connectivity index (χ1n) is 13.5. The number of aliphatic hydroxyl groups is 3. The minimum Gasteiger partial charge on any atom is -0.393 e. The van der Waals surface area contributed by atoms with E-state index in [1.165, 1.54) is 0 Å². The lowest BCUT2D eigenvalue weighted by Gasteiger charge is -2.63. The second-order valence-electron chi connectivity index (χ2n) is 12.7. The molecule has 4 unspecified atom stereocenters. The maximum absolute atomic E-state index is 12.5. The van der Waals surface area contributed by atoms with Crippen molar-refractivity contribution >= 4 is 15.9 Å². The summed E-state index contributed by atoms with van der Waals surface area (Å²) in [5.74, 6) is 0.491. The summed E-state index contributed by atoms with van der Waals surface area (Å²) in [7, 11) is -4.52. The number of rotatable bonds is 7. The van der Waals surface area contributed by atoms with Crippen LogP contribution in [-0.2, 0) is 14.9 Å². The first kappa shape index (κ1) is 27.5. The molecule has 0 saturated heterocycles. The average Bonchev–Trinajstić information content (AvgIpc) is 3.12. The van der Waals surface area contributed by atoms with E-state index in [1.54, 1.807) is 0 Å². The van der Waals surface area contributed by atoms with Crippen molar-refractivity contribution < 1.29 is 33.1 Å². The molecule has 0 heterocycles. The zero-order valence-corrected chi connectivity index (χ0v) is 22.2. The van der Waals surface area contributed by atoms with Gasteiger partial charge in [-0.25, -0.2) is 0 Å². The van der Waals surface area contributed by atoms with Crippen molar-refractivity contribution in [3.63, 3.8) is 0 Å². The first-order valence-corrected chi connectivity index (χ1v) is 15.0. The molecular weight excluding hydrogens is 470 g/mol. The van der Waals surface area contributed by atoms with Crippen LogP contribution in [0.2, 0.25) is 0 Å². The molecule has 0 bridgehead atoms. The van der Waals surface area contributed by atoms with Gasteiger partial charge in [0.05, 0.1) is 18.3 Å². The number of hydrogen-bond acceptors (Lipinski definition) is 7. The van der Waals surface area contributed by atoms with E-state index >= 15 is 0 Å². The van der Waals surface area contributed by atoms with Crippen molar-refractivity contribution in [2.45, 2.75) is 102 Å². The highest BCUT2D eigenvalue weighted by Crippen LogP contribution is 2.68. The second-order valence-corrected chi connectivity index (χ2v) is 14.3. The summed E-state index contributed by atoms with van der Waals surface area (Å²) in [6.07, 6.45) is 4.89. The van der Waals surface area contributed by atoms with Gasteiger partial charge in [-0.15, -0.1) is 0 Å². The van der Waals surface area contributed by atoms with E-state index < -0.39 is 39.9 Å². The molecule has 0 radical (unpaired) electrons. The minimum absolute atomic E-state index is 0.0208. The molecule has 0 aliphatic heterocycles. The zero-order valence-electron chi connectivity index (χ0n) is 21.3. The van der Waals surface area contributed by atoms with E-state index in [2.05, 4.69) is 20.8 Å². The maximum atomic E-state index is 12.5. The SMILES string of the molecule is C[C@H](CCC(=O)C(CN)S(=O)(=O)O)[C@H]1CCC2C3C(C[C@H](O)[C@@]21C)[C@@]1(C)CC[C@@H](O)C[C@H]1C[C@H]3O. The number of nitrogens with two attached hydrogens (primary N) is 1. The van der Waals surface area contributed by atoms with Gasteiger partial charge >= 0.3 is 0 Å². The Morgan fingerprint density at radius 2 is 1.74 bits per heavy atom. The Balaban J connectivity index is 1.51. The Hall–Kier alpha value is -0.580. The van der Waals surface area contributed by atoms with Crippen LogP contribution in [0.3, 0.4) is 0 Å². The normalized spacial score (nSPS) is 47.3. The number of Topliss-reactive ketones (excluding diaryl/α,β-unsaturated/α-hetero) is 1. The van der Waals surface area contributed by atoms with Gasteiger partial charge in [0.25, 0.3) is 10.1 Å². The van der Waals surface area contributed by atoms with Gasteiger partial charge in [-0.2, -0.15) is 8.42 Å². The first-order chi connectivity index (χ1) is 16.2. The molecule has 0 aromatic heterocycles. The predicted octanol–water partition coefficient (Wildman–Crippen LogP) is 2.15. The number of fused-ring (bicyclic) bond motifs is 5. The molecular formula is C26H45NO7S. The summed E-state index contributed by atoms with van der Waals surface area (Å²) < 4.78 is 32.3. The molecule has 0 spiro atoms. The second kappa shape index (κ2) is 9.62. The molecule has 8 nitrogen and oxygen atoms in total. The van der Waals surface area contributed by atoms with Crippen LogP contribution in [0, 0.1) is 46.3 Å². The van der Waals surface area contributed by atoms with Crippen LogP contribution < -0.4 is 5.73 Å². The van der Waals surface area contributed by atoms with Crippen LogP contribution in [0.5, 0.6) is 0 Å². The van der Waals surface area contributed by atoms with Gasteiger partial charge in [0.1, 0.15) is 0 Å². The Bertz CT molecular complexity index is 911. The van der Waals surface area contributed by atoms with E-state index in [4.69, 9.17) is 5.73 Å². The van der Waals surface area contributed by atoms with E-state index in [0.29, 0.717) is 19.3 Å². The van der Waals surface area contributed by atoms with Crippen molar-refractivity contribution in [2.75, 3.05) is 6.54 Å². The summed E-state index contributed by atoms with van der Waals surface area (Å²) >= 11 is 0. The van der Waals surface area contributed by atoms with Gasteiger partial charge < -0.3 is 21.1 Å². The Labute approximate surface area is 209 Å². The molecule has 12 atom stereocenters. The third-order valence-electron chi connectivity index (χ3n) is 11.3. The molecule has 4 saturated carbocycles. The summed E-state index contributed by atoms with van der Waals surface area (Å²) in [6, 6.07) is 0. The van der Waals surface area contributed by atoms with Gasteiger partial charge in [-0.3, -0.25) is 9.35 Å². The van der Waals surface area contributed by atoms with Gasteiger partial charge in [0.15, 0.2) is 11.0 Å². The van der Waals surface area contributed by atoms with E-state index in [-0.39, 0.29) is 58.9 Å². The molecule has 4 fully saturated rings. The van der Waals surface area contributed by atoms with E-state index in [0.717, 1.165) is 32.1 Å². The third kappa shape index (κ3) is 4.52. The molecule has 0 aromatic carbocycles. The maximum Gasteiger partial charge on any atom is 0.276 e. The highest BCUT2D eigenvalue weighted by atomic mass is 32.2. The van der Waals surface area contributed by atoms with Crippen LogP contribution >= 0.6 is 0 Å². The average molecular weight is 516 g/mol. The lowest BCUT2D eigenvalue weighted by atomic mass is 9.43. The van der Waals surface area contributed by atoms with Gasteiger partial charge in [0.2, 0.25) is 0 Å². The molecule has 4 rings (SSSR count). The van der Waals surface area contributed by atoms with Crippen LogP contribution in [-0.4, -0.2) is 64.2 Å². The molecule has 6 N–H and O–H groups in total. The number of carbonyl (C=O) groups is 1. The van der Waals surface area contributed by atoms with Gasteiger partial charge in [-0.1, -0.05) is 20.8 Å². The van der Waals surface area contributed by atoms with E-state index in [9.17, 15) is 33.1 Å². The van der Waals surface area contributed by atoms with Crippen LogP contribution in [0.15, 0.2) is 0 Å². The molecule has 0 amide bonds. The standard InChI is InChI=1S/C26H45NO7S/c1-14(4-7-20(29)22(13-27)35(32,33)34)17-5-6-18-24-19(12-23(31)26(17,18)3)25(2)9-8-16(28)10-15(25)11-21(24)30/h14-19,21-24,28,30-31H,4-13,27H2,1-3H3,(H,32,33,34)/t14-,15+,16-,17-,18?,19?,21-,22?,23+,24?,25+,26-/m1/s1. The molecule has 9 heteroatoms. The number of carbonyl (C=O) groups excluding carboxylic acids is 1. The number of ketones is 1. The highest BCUT2D eigenvalue weighted by Gasteiger charge is 2.65. The van der Waals surface area contributed by atoms with Crippen LogP contribution in [0.1, 0.15) is 78.6 Å². The quantitative estimate of drug-likeness (QED) is 0.323. The Morgan fingerprint density at radius 3 is 2.37 bits per heavy atom. The fourth-order valence-electron chi connectivity index (χ4n) is 9.28. The number of aliphatic hydroxyl groups excluding tert-OH is 3. The molecule has 0 aromatic rings. The summed E-state index contributed by atoms with van der Waals surface area (Å²) in [6.45, 7) is 6.09. The van der Waals surface area contributed by atoms with Gasteiger partial charge in [-0.05, 0) is 97.7 Å². The molecule has 4 aliphatic rings. The van der Waals surface area contributed by atoms with E-state index in [1.807, 2.05) is 0 Å². The largest absolute Gasteiger partial charge is 0.393 e. The fourth-order valence-corrected chi connectivity index (χ4v) is 9.98. The van der Waals surface area contributed by atoms with Crippen molar-refractivity contribution in [3.05, 3.63) is 0 Å². The lowest BCUT2D eigenvalue weighted by molar-refractivity contribution is -0.207. The minimum atomic E-state index is -4.52. The van der Waals surface area contributed by atoms with Crippen molar-refractivity contribution in [1.82, 2.24) is 0 Å². The zero-order chi connectivity index (χ0) is 25.9. The predicted molar refractivity (Wildman–Crippen MR) is 132 cm³/mol. The van der Waals surface area contributed by atoms with Gasteiger partial charge in [0, 0.05) is 13.0 Å². The molecule has 202 valence electrons. The Kier molecular flexibility index (Phi) is 7.55. The van der Waals surface area contributed by atoms with Crippen LogP contribution in [0.25, 0.3) is 0 Å². The topological polar surface area (TPSA) is 158 Å². The summed E-state index contributed by atoms with van der Waals surface area (Å²) in [4.78, 5) is 12.5. The highest BCUT2D eigenvalue weighted by molar-refractivity contribution is 7.87. The number of hydrogen-bond donors (Lipinski definition) is 5. The monoisotopic (exact) mass is 515 g/mol. The fraction of sp³-hybridized carbons (Fsp3) is 0.962. The van der Waals surface area contributed by atoms with Crippen molar-refractivity contribution in [1.29, 1.82) is 0 Å². The van der Waals surface area contributed by atoms with Crippen LogP contribution in [0.4, 0.5) is 0 Å². The smallest absolute Gasteiger partial charge is 0.276 e. The molecule has 35 heavy (non-hydrogen) atoms. The Morgan fingerprint density at radius 1 is 1.06 bits per heavy atom. The summed E-state index contributed by atoms with van der Waals surface area (Å²) in [5, 5.41) is 31.7. The third-order valence-corrected chi connectivity index (χ3v) is 12.5. The lowest BCUT2D eigenvalue weighted by Crippen LogP contribution is -2.62. The summed E-state index contributed by atoms with van der Waals surface area (Å²) in [5.41, 5.74) is 5.07. The van der Waals surface area contributed by atoms with Crippen molar-refractivity contribution in [2.24, 2.45) is 52.1 Å². The van der Waals surface area contributed by atoms with Crippen molar-refractivity contribution in [3.8, 4) is 0 Å².